The number of carbonyl (C=O) groups excluding carboxylic acids is 1. The van der Waals surface area contributed by atoms with E-state index in [1.54, 1.807) is 36.4 Å². The number of para-hydroxylation sites is 3. The maximum Gasteiger partial charge on any atom is 0.293 e. The highest BCUT2D eigenvalue weighted by molar-refractivity contribution is 6.02. The number of aromatic nitrogens is 2. The first-order valence-corrected chi connectivity index (χ1v) is 9.17. The molecule has 0 aliphatic rings. The van der Waals surface area contributed by atoms with Gasteiger partial charge in [-0.2, -0.15) is 5.26 Å². The Morgan fingerprint density at radius 2 is 1.97 bits per heavy atom. The lowest BCUT2D eigenvalue weighted by Crippen LogP contribution is -2.15. The Morgan fingerprint density at radius 3 is 2.79 bits per heavy atom. The molecule has 7 nitrogen and oxygen atoms in total. The normalized spacial score (nSPS) is 10.6. The molecule has 2 aromatic carbocycles. The van der Waals surface area contributed by atoms with Crippen molar-refractivity contribution in [3.8, 4) is 11.8 Å². The number of rotatable bonds is 6. The third-order valence-corrected chi connectivity index (χ3v) is 4.46. The van der Waals surface area contributed by atoms with Gasteiger partial charge >= 0.3 is 0 Å². The molecule has 0 radical (unpaired) electrons. The Bertz CT molecular complexity index is 1220. The fourth-order valence-electron chi connectivity index (χ4n) is 3.07. The van der Waals surface area contributed by atoms with Crippen molar-refractivity contribution in [3.63, 3.8) is 0 Å². The van der Waals surface area contributed by atoms with Crippen molar-refractivity contribution in [2.75, 3.05) is 5.32 Å². The van der Waals surface area contributed by atoms with E-state index in [2.05, 4.69) is 16.4 Å². The quantitative estimate of drug-likeness (QED) is 0.532. The number of anilines is 1. The van der Waals surface area contributed by atoms with Crippen molar-refractivity contribution in [2.45, 2.75) is 20.1 Å². The molecule has 0 aliphatic heterocycles. The predicted octanol–water partition coefficient (Wildman–Crippen LogP) is 4.35. The molecule has 0 aliphatic carbocycles. The summed E-state index contributed by atoms with van der Waals surface area (Å²) in [7, 11) is 0. The highest BCUT2D eigenvalue weighted by Crippen LogP contribution is 2.21. The lowest BCUT2D eigenvalue weighted by molar-refractivity contribution is 0.0991. The zero-order valence-electron chi connectivity index (χ0n) is 15.8. The number of aryl methyl sites for hydroxylation is 1. The minimum atomic E-state index is -0.390. The van der Waals surface area contributed by atoms with Gasteiger partial charge in [-0.15, -0.1) is 0 Å². The van der Waals surface area contributed by atoms with Gasteiger partial charge in [-0.25, -0.2) is 4.98 Å². The number of imidazole rings is 1. The zero-order valence-corrected chi connectivity index (χ0v) is 15.8. The summed E-state index contributed by atoms with van der Waals surface area (Å²) in [5.41, 5.74) is 2.21. The lowest BCUT2D eigenvalue weighted by Gasteiger charge is -2.07. The molecule has 0 atom stereocenters. The Morgan fingerprint density at radius 1 is 1.17 bits per heavy atom. The van der Waals surface area contributed by atoms with Crippen LogP contribution in [0, 0.1) is 11.3 Å². The second-order valence-electron chi connectivity index (χ2n) is 6.29. The van der Waals surface area contributed by atoms with Crippen molar-refractivity contribution < 1.29 is 13.9 Å². The lowest BCUT2D eigenvalue weighted by atomic mass is 10.2. The van der Waals surface area contributed by atoms with Gasteiger partial charge in [0.25, 0.3) is 5.91 Å². The van der Waals surface area contributed by atoms with E-state index in [-0.39, 0.29) is 12.4 Å². The standard InChI is InChI=1S/C22H18N4O3/c1-2-26-18-9-5-4-8-17(18)24-22(26)25-21(27)20-12-11-16(29-20)14-28-19-10-6-3-7-15(19)13-23/h3-12H,2,14H2,1H3,(H,24,25,27). The number of nitriles is 1. The van der Waals surface area contributed by atoms with Gasteiger partial charge < -0.3 is 13.7 Å². The Balaban J connectivity index is 1.47. The molecule has 144 valence electrons. The van der Waals surface area contributed by atoms with E-state index in [1.807, 2.05) is 35.8 Å². The summed E-state index contributed by atoms with van der Waals surface area (Å²) < 4.78 is 13.2. The Hall–Kier alpha value is -4.05. The highest BCUT2D eigenvalue weighted by Gasteiger charge is 2.16. The predicted molar refractivity (Wildman–Crippen MR) is 108 cm³/mol. The number of nitrogens with zero attached hydrogens (tertiary/aromatic N) is 3. The molecule has 7 heteroatoms. The fourth-order valence-corrected chi connectivity index (χ4v) is 3.07. The van der Waals surface area contributed by atoms with Crippen molar-refractivity contribution in [3.05, 3.63) is 77.7 Å². The number of hydrogen-bond acceptors (Lipinski definition) is 5. The second kappa shape index (κ2) is 7.90. The molecule has 0 spiro atoms. The maximum absolute atomic E-state index is 12.6. The minimum absolute atomic E-state index is 0.111. The first-order chi connectivity index (χ1) is 14.2. The van der Waals surface area contributed by atoms with Gasteiger partial charge in [0.05, 0.1) is 16.6 Å². The molecule has 4 aromatic rings. The van der Waals surface area contributed by atoms with Crippen LogP contribution in [-0.4, -0.2) is 15.5 Å². The first-order valence-electron chi connectivity index (χ1n) is 9.17. The molecule has 0 bridgehead atoms. The summed E-state index contributed by atoms with van der Waals surface area (Å²) in [6.07, 6.45) is 0. The van der Waals surface area contributed by atoms with E-state index in [9.17, 15) is 4.79 Å². The van der Waals surface area contributed by atoms with Crippen molar-refractivity contribution in [1.29, 1.82) is 5.26 Å². The van der Waals surface area contributed by atoms with Gasteiger partial charge in [0.2, 0.25) is 5.95 Å². The average Bonchev–Trinajstić information content (AvgIpc) is 3.36. The van der Waals surface area contributed by atoms with Crippen molar-refractivity contribution in [2.24, 2.45) is 0 Å². The van der Waals surface area contributed by atoms with E-state index in [1.165, 1.54) is 0 Å². The van der Waals surface area contributed by atoms with Gasteiger partial charge in [0, 0.05) is 6.54 Å². The molecule has 4 rings (SSSR count). The Kier molecular flexibility index (Phi) is 4.99. The summed E-state index contributed by atoms with van der Waals surface area (Å²) in [5.74, 6) is 1.18. The largest absolute Gasteiger partial charge is 0.484 e. The van der Waals surface area contributed by atoms with Crippen LogP contribution in [0.25, 0.3) is 11.0 Å². The van der Waals surface area contributed by atoms with Crippen LogP contribution in [0.4, 0.5) is 5.95 Å². The van der Waals surface area contributed by atoms with Gasteiger partial charge in [0.1, 0.15) is 24.2 Å². The molecular formula is C22H18N4O3. The van der Waals surface area contributed by atoms with E-state index in [4.69, 9.17) is 14.4 Å². The zero-order chi connectivity index (χ0) is 20.2. The van der Waals surface area contributed by atoms with Gasteiger partial charge in [0.15, 0.2) is 5.76 Å². The van der Waals surface area contributed by atoms with Crippen LogP contribution in [0.5, 0.6) is 5.75 Å². The maximum atomic E-state index is 12.6. The third-order valence-electron chi connectivity index (χ3n) is 4.46. The number of ether oxygens (including phenoxy) is 1. The topological polar surface area (TPSA) is 93.1 Å². The molecule has 29 heavy (non-hydrogen) atoms. The van der Waals surface area contributed by atoms with Gasteiger partial charge in [-0.3, -0.25) is 10.1 Å². The minimum Gasteiger partial charge on any atom is -0.484 e. The third kappa shape index (κ3) is 3.69. The number of benzene rings is 2. The van der Waals surface area contributed by atoms with Crippen LogP contribution >= 0.6 is 0 Å². The number of hydrogen-bond donors (Lipinski definition) is 1. The van der Waals surface area contributed by atoms with Crippen molar-refractivity contribution in [1.82, 2.24) is 9.55 Å². The fraction of sp³-hybridized carbons (Fsp3) is 0.136. The second-order valence-corrected chi connectivity index (χ2v) is 6.29. The summed E-state index contributed by atoms with van der Waals surface area (Å²) in [5, 5.41) is 11.9. The molecule has 0 saturated heterocycles. The van der Waals surface area contributed by atoms with Crippen LogP contribution < -0.4 is 10.1 Å². The van der Waals surface area contributed by atoms with Crippen LogP contribution in [0.15, 0.2) is 65.1 Å². The van der Waals surface area contributed by atoms with Gasteiger partial charge in [-0.1, -0.05) is 24.3 Å². The average molecular weight is 386 g/mol. The molecule has 1 amide bonds. The number of furan rings is 1. The van der Waals surface area contributed by atoms with E-state index >= 15 is 0 Å². The van der Waals surface area contributed by atoms with E-state index in [0.29, 0.717) is 29.6 Å². The number of carbonyl (C=O) groups is 1. The number of amides is 1. The molecule has 2 heterocycles. The molecule has 1 N–H and O–H groups in total. The molecule has 0 saturated carbocycles. The van der Waals surface area contributed by atoms with Crippen LogP contribution in [0.3, 0.4) is 0 Å². The molecular weight excluding hydrogens is 368 g/mol. The molecule has 0 fully saturated rings. The van der Waals surface area contributed by atoms with E-state index < -0.39 is 5.91 Å². The van der Waals surface area contributed by atoms with E-state index in [0.717, 1.165) is 11.0 Å². The summed E-state index contributed by atoms with van der Waals surface area (Å²) in [6.45, 7) is 2.77. The summed E-state index contributed by atoms with van der Waals surface area (Å²) in [4.78, 5) is 17.1. The number of nitrogens with one attached hydrogen (secondary N) is 1. The SMILES string of the molecule is CCn1c(NC(=O)c2ccc(COc3ccccc3C#N)o2)nc2ccccc21. The highest BCUT2D eigenvalue weighted by atomic mass is 16.5. The van der Waals surface area contributed by atoms with Crippen LogP contribution in [0.2, 0.25) is 0 Å². The van der Waals surface area contributed by atoms with Crippen LogP contribution in [0.1, 0.15) is 28.8 Å². The summed E-state index contributed by atoms with van der Waals surface area (Å²) >= 11 is 0. The molecule has 0 unspecified atom stereocenters. The Labute approximate surface area is 167 Å². The number of fused-ring (bicyclic) bond motifs is 1. The van der Waals surface area contributed by atoms with Gasteiger partial charge in [-0.05, 0) is 43.3 Å². The smallest absolute Gasteiger partial charge is 0.293 e. The molecule has 2 aromatic heterocycles. The first kappa shape index (κ1) is 18.3. The van der Waals surface area contributed by atoms with Crippen LogP contribution in [-0.2, 0) is 13.2 Å². The monoisotopic (exact) mass is 386 g/mol. The van der Waals surface area contributed by atoms with Crippen molar-refractivity contribution >= 4 is 22.9 Å². The summed E-state index contributed by atoms with van der Waals surface area (Å²) in [6, 6.07) is 20.0.